The molecule has 0 aromatic rings. The van der Waals surface area contributed by atoms with Crippen molar-refractivity contribution in [3.63, 3.8) is 0 Å². The summed E-state index contributed by atoms with van der Waals surface area (Å²) in [4.78, 5) is 18.6. The number of rotatable bonds is 2. The highest BCUT2D eigenvalue weighted by atomic mass is 32.2. The Hall–Kier alpha value is -1.16. The zero-order chi connectivity index (χ0) is 8.97. The molecule has 3 nitrogen and oxygen atoms in total. The molecule has 4 heteroatoms. The fraction of sp³-hybridized carbons (Fsp3) is 0.125. The Balaban J connectivity index is 2.63. The first-order valence-corrected chi connectivity index (χ1v) is 4.32. The summed E-state index contributed by atoms with van der Waals surface area (Å²) in [5.41, 5.74) is 0.331. The molecule has 62 valence electrons. The summed E-state index contributed by atoms with van der Waals surface area (Å²) < 4.78 is 0. The van der Waals surface area contributed by atoms with Gasteiger partial charge in [-0.15, -0.1) is 6.58 Å². The van der Waals surface area contributed by atoms with E-state index in [1.807, 2.05) is 0 Å². The van der Waals surface area contributed by atoms with Gasteiger partial charge in [0.2, 0.25) is 0 Å². The van der Waals surface area contributed by atoms with Gasteiger partial charge in [-0.25, -0.2) is 4.99 Å². The summed E-state index contributed by atoms with van der Waals surface area (Å²) >= 11 is 1.38. The zero-order valence-electron chi connectivity index (χ0n) is 6.49. The smallest absolute Gasteiger partial charge is 0.267 e. The lowest BCUT2D eigenvalue weighted by Crippen LogP contribution is -2.08. The maximum atomic E-state index is 11.0. The van der Waals surface area contributed by atoms with Gasteiger partial charge in [-0.3, -0.25) is 4.79 Å². The van der Waals surface area contributed by atoms with Crippen LogP contribution in [-0.4, -0.2) is 23.0 Å². The topological polar surface area (TPSA) is 41.8 Å². The van der Waals surface area contributed by atoms with E-state index in [0.717, 1.165) is 0 Å². The molecule has 0 aromatic carbocycles. The molecule has 0 aromatic heterocycles. The zero-order valence-corrected chi connectivity index (χ0v) is 7.30. The number of nitrogens with zero attached hydrogens (tertiary/aromatic N) is 2. The van der Waals surface area contributed by atoms with Crippen LogP contribution in [0.1, 0.15) is 0 Å². The van der Waals surface area contributed by atoms with Gasteiger partial charge in [0.15, 0.2) is 5.17 Å². The largest absolute Gasteiger partial charge is 0.280 e. The van der Waals surface area contributed by atoms with Gasteiger partial charge in [-0.1, -0.05) is 24.4 Å². The van der Waals surface area contributed by atoms with E-state index in [9.17, 15) is 4.79 Å². The SMILES string of the molecule is C=CCSC1=NC(=O)C(=C)C=N1. The molecule has 1 amide bonds. The molecule has 0 radical (unpaired) electrons. The molecule has 0 unspecified atom stereocenters. The molecule has 0 atom stereocenters. The highest BCUT2D eigenvalue weighted by molar-refractivity contribution is 8.14. The van der Waals surface area contributed by atoms with Crippen LogP contribution in [0.15, 0.2) is 34.8 Å². The molecule has 0 aliphatic carbocycles. The van der Waals surface area contributed by atoms with Crippen LogP contribution in [0.3, 0.4) is 0 Å². The minimum atomic E-state index is -0.309. The van der Waals surface area contributed by atoms with Gasteiger partial charge < -0.3 is 0 Å². The lowest BCUT2D eigenvalue weighted by Gasteiger charge is -2.02. The first-order valence-electron chi connectivity index (χ1n) is 3.33. The second-order valence-electron chi connectivity index (χ2n) is 2.08. The van der Waals surface area contributed by atoms with E-state index in [2.05, 4.69) is 23.1 Å². The van der Waals surface area contributed by atoms with Crippen LogP contribution < -0.4 is 0 Å². The number of amidine groups is 1. The van der Waals surface area contributed by atoms with Crippen molar-refractivity contribution in [1.82, 2.24) is 0 Å². The number of thioether (sulfide) groups is 1. The fourth-order valence-electron chi connectivity index (χ4n) is 0.579. The third-order valence-electron chi connectivity index (χ3n) is 1.13. The number of hydrogen-bond acceptors (Lipinski definition) is 3. The normalized spacial score (nSPS) is 16.2. The van der Waals surface area contributed by atoms with Crippen molar-refractivity contribution in [1.29, 1.82) is 0 Å². The van der Waals surface area contributed by atoms with Gasteiger partial charge >= 0.3 is 0 Å². The van der Waals surface area contributed by atoms with Crippen molar-refractivity contribution in [3.8, 4) is 0 Å². The Labute approximate surface area is 75.0 Å². The first kappa shape index (κ1) is 8.93. The maximum Gasteiger partial charge on any atom is 0.280 e. The lowest BCUT2D eigenvalue weighted by molar-refractivity contribution is -0.113. The number of carbonyl (C=O) groups is 1. The molecule has 0 N–H and O–H groups in total. The molecule has 0 spiro atoms. The Kier molecular flexibility index (Phi) is 2.99. The van der Waals surface area contributed by atoms with Gasteiger partial charge in [-0.05, 0) is 0 Å². The molecule has 12 heavy (non-hydrogen) atoms. The highest BCUT2D eigenvalue weighted by Crippen LogP contribution is 2.10. The van der Waals surface area contributed by atoms with Crippen LogP contribution in [0, 0.1) is 0 Å². The number of carbonyl (C=O) groups excluding carboxylic acids is 1. The van der Waals surface area contributed by atoms with E-state index in [1.54, 1.807) is 6.08 Å². The molecule has 0 bridgehead atoms. The molecular formula is C8H8N2OS. The van der Waals surface area contributed by atoms with E-state index < -0.39 is 0 Å². The molecular weight excluding hydrogens is 172 g/mol. The first-order chi connectivity index (χ1) is 5.74. The Morgan fingerprint density at radius 1 is 1.67 bits per heavy atom. The van der Waals surface area contributed by atoms with E-state index in [4.69, 9.17) is 0 Å². The minimum Gasteiger partial charge on any atom is -0.267 e. The Morgan fingerprint density at radius 2 is 2.42 bits per heavy atom. The van der Waals surface area contributed by atoms with E-state index >= 15 is 0 Å². The quantitative estimate of drug-likeness (QED) is 0.476. The van der Waals surface area contributed by atoms with Crippen LogP contribution in [0.4, 0.5) is 0 Å². The highest BCUT2D eigenvalue weighted by Gasteiger charge is 2.10. The average Bonchev–Trinajstić information content (AvgIpc) is 2.07. The van der Waals surface area contributed by atoms with Crippen molar-refractivity contribution in [3.05, 3.63) is 24.8 Å². The van der Waals surface area contributed by atoms with Crippen LogP contribution in [0.25, 0.3) is 0 Å². The lowest BCUT2D eigenvalue weighted by atomic mass is 10.3. The Morgan fingerprint density at radius 3 is 3.00 bits per heavy atom. The summed E-state index contributed by atoms with van der Waals surface area (Å²) in [5.74, 6) is 0.396. The molecule has 1 aliphatic rings. The monoisotopic (exact) mass is 180 g/mol. The van der Waals surface area contributed by atoms with Crippen molar-refractivity contribution < 1.29 is 4.79 Å². The van der Waals surface area contributed by atoms with Crippen molar-refractivity contribution in [2.45, 2.75) is 0 Å². The van der Waals surface area contributed by atoms with E-state index in [1.165, 1.54) is 18.0 Å². The van der Waals surface area contributed by atoms with Gasteiger partial charge in [0.05, 0.1) is 5.57 Å². The standard InChI is InChI=1S/C8H8N2OS/c1-3-4-12-8-9-5-6(2)7(11)10-8/h3,5H,1-2,4H2. The summed E-state index contributed by atoms with van der Waals surface area (Å²) in [6.07, 6.45) is 3.16. The van der Waals surface area contributed by atoms with Crippen LogP contribution >= 0.6 is 11.8 Å². The second kappa shape index (κ2) is 4.01. The predicted octanol–water partition coefficient (Wildman–Crippen LogP) is 1.43. The number of hydrogen-bond donors (Lipinski definition) is 0. The van der Waals surface area contributed by atoms with Crippen LogP contribution in [0.5, 0.6) is 0 Å². The van der Waals surface area contributed by atoms with Crippen molar-refractivity contribution >= 4 is 29.1 Å². The Bertz CT molecular complexity index is 291. The molecule has 1 aliphatic heterocycles. The molecule has 1 rings (SSSR count). The average molecular weight is 180 g/mol. The second-order valence-corrected chi connectivity index (χ2v) is 3.07. The summed E-state index contributed by atoms with van der Waals surface area (Å²) in [7, 11) is 0. The van der Waals surface area contributed by atoms with Crippen molar-refractivity contribution in [2.75, 3.05) is 5.75 Å². The fourth-order valence-corrected chi connectivity index (χ4v) is 1.12. The van der Waals surface area contributed by atoms with Crippen LogP contribution in [-0.2, 0) is 4.79 Å². The van der Waals surface area contributed by atoms with Gasteiger partial charge in [-0.2, -0.15) is 4.99 Å². The van der Waals surface area contributed by atoms with Gasteiger partial charge in [0.25, 0.3) is 5.91 Å². The summed E-state index contributed by atoms with van der Waals surface area (Å²) in [5, 5.41) is 0.479. The summed E-state index contributed by atoms with van der Waals surface area (Å²) in [6, 6.07) is 0. The number of aliphatic imine (C=N–C) groups is 2. The van der Waals surface area contributed by atoms with E-state index in [-0.39, 0.29) is 5.91 Å². The van der Waals surface area contributed by atoms with Crippen molar-refractivity contribution in [2.24, 2.45) is 9.98 Å². The molecule has 0 fully saturated rings. The predicted molar refractivity (Wildman–Crippen MR) is 52.7 cm³/mol. The minimum absolute atomic E-state index is 0.309. The van der Waals surface area contributed by atoms with Gasteiger partial charge in [0, 0.05) is 12.0 Å². The third kappa shape index (κ3) is 2.17. The van der Waals surface area contributed by atoms with Gasteiger partial charge in [0.1, 0.15) is 0 Å². The van der Waals surface area contributed by atoms with Crippen LogP contribution in [0.2, 0.25) is 0 Å². The number of amides is 1. The maximum absolute atomic E-state index is 11.0. The van der Waals surface area contributed by atoms with E-state index in [0.29, 0.717) is 16.5 Å². The summed E-state index contributed by atoms with van der Waals surface area (Å²) in [6.45, 7) is 7.02. The molecule has 0 saturated heterocycles. The molecule has 0 saturated carbocycles. The molecule has 1 heterocycles. The third-order valence-corrected chi connectivity index (χ3v) is 1.99.